The highest BCUT2D eigenvalue weighted by Gasteiger charge is 2.09. The number of nitrogens with zero attached hydrogens (tertiary/aromatic N) is 1. The van der Waals surface area contributed by atoms with Crippen LogP contribution in [0, 0.1) is 5.82 Å². The van der Waals surface area contributed by atoms with Gasteiger partial charge in [-0.2, -0.15) is 0 Å². The number of fused-ring (bicyclic) bond motifs is 1. The summed E-state index contributed by atoms with van der Waals surface area (Å²) in [6.45, 7) is -0.00483. The zero-order chi connectivity index (χ0) is 15.5. The summed E-state index contributed by atoms with van der Waals surface area (Å²) in [4.78, 5) is 23.9. The van der Waals surface area contributed by atoms with Crippen LogP contribution in [0.3, 0.4) is 0 Å². The summed E-state index contributed by atoms with van der Waals surface area (Å²) in [6, 6.07) is 14.4. The summed E-state index contributed by atoms with van der Waals surface area (Å²) < 4.78 is 15.2. The number of hydrogen-bond acceptors (Lipinski definition) is 2. The monoisotopic (exact) mass is 296 g/mol. The van der Waals surface area contributed by atoms with E-state index < -0.39 is 5.82 Å². The van der Waals surface area contributed by atoms with E-state index in [0.29, 0.717) is 10.9 Å². The molecule has 0 fully saturated rings. The van der Waals surface area contributed by atoms with Gasteiger partial charge in [0, 0.05) is 17.6 Å². The SMILES string of the molecule is O=C(Cn1ccc(=O)c2ccccc21)Nc1ccccc1F. The first-order valence-corrected chi connectivity index (χ1v) is 6.78. The molecule has 2 aromatic carbocycles. The van der Waals surface area contributed by atoms with Crippen molar-refractivity contribution in [3.05, 3.63) is 76.8 Å². The molecule has 0 saturated carbocycles. The number of para-hydroxylation sites is 2. The molecule has 0 aliphatic rings. The average Bonchev–Trinajstić information content (AvgIpc) is 2.53. The van der Waals surface area contributed by atoms with Crippen molar-refractivity contribution < 1.29 is 9.18 Å². The maximum atomic E-state index is 13.5. The molecule has 0 atom stereocenters. The Labute approximate surface area is 125 Å². The quantitative estimate of drug-likeness (QED) is 0.808. The standard InChI is InChI=1S/C17H13FN2O2/c18-13-6-2-3-7-14(13)19-17(22)11-20-10-9-16(21)12-5-1-4-8-15(12)20/h1-10H,11H2,(H,19,22). The van der Waals surface area contributed by atoms with Crippen molar-refractivity contribution in [1.82, 2.24) is 4.57 Å². The Hall–Kier alpha value is -2.95. The summed E-state index contributed by atoms with van der Waals surface area (Å²) in [5, 5.41) is 3.07. The number of aromatic nitrogens is 1. The molecule has 0 saturated heterocycles. The number of anilines is 1. The molecule has 1 aromatic heterocycles. The van der Waals surface area contributed by atoms with Crippen molar-refractivity contribution in [3.63, 3.8) is 0 Å². The molecule has 0 radical (unpaired) electrons. The topological polar surface area (TPSA) is 51.1 Å². The molecule has 1 amide bonds. The minimum absolute atomic E-state index is 0.00483. The third kappa shape index (κ3) is 2.74. The minimum Gasteiger partial charge on any atom is -0.338 e. The van der Waals surface area contributed by atoms with Crippen molar-refractivity contribution in [2.75, 3.05) is 5.32 Å². The van der Waals surface area contributed by atoms with E-state index in [-0.39, 0.29) is 23.6 Å². The van der Waals surface area contributed by atoms with Crippen LogP contribution in [0.1, 0.15) is 0 Å². The van der Waals surface area contributed by atoms with Gasteiger partial charge in [0.2, 0.25) is 5.91 Å². The van der Waals surface area contributed by atoms with Crippen molar-refractivity contribution in [2.24, 2.45) is 0 Å². The van der Waals surface area contributed by atoms with Crippen LogP contribution in [-0.4, -0.2) is 10.5 Å². The second kappa shape index (κ2) is 5.81. The van der Waals surface area contributed by atoms with Crippen LogP contribution in [0.25, 0.3) is 10.9 Å². The van der Waals surface area contributed by atoms with Gasteiger partial charge in [0.15, 0.2) is 5.43 Å². The second-order valence-electron chi connectivity index (χ2n) is 4.85. The lowest BCUT2D eigenvalue weighted by Crippen LogP contribution is -2.20. The molecule has 0 aliphatic carbocycles. The summed E-state index contributed by atoms with van der Waals surface area (Å²) >= 11 is 0. The van der Waals surface area contributed by atoms with Gasteiger partial charge in [0.1, 0.15) is 12.4 Å². The van der Waals surface area contributed by atoms with Crippen molar-refractivity contribution in [1.29, 1.82) is 0 Å². The van der Waals surface area contributed by atoms with E-state index in [2.05, 4.69) is 5.32 Å². The van der Waals surface area contributed by atoms with Gasteiger partial charge >= 0.3 is 0 Å². The van der Waals surface area contributed by atoms with E-state index in [4.69, 9.17) is 0 Å². The maximum Gasteiger partial charge on any atom is 0.244 e. The molecule has 0 spiro atoms. The fourth-order valence-corrected chi connectivity index (χ4v) is 2.31. The zero-order valence-electron chi connectivity index (χ0n) is 11.6. The highest BCUT2D eigenvalue weighted by atomic mass is 19.1. The van der Waals surface area contributed by atoms with Crippen molar-refractivity contribution >= 4 is 22.5 Å². The molecule has 0 aliphatic heterocycles. The number of carbonyl (C=O) groups is 1. The molecule has 4 nitrogen and oxygen atoms in total. The third-order valence-corrected chi connectivity index (χ3v) is 3.35. The van der Waals surface area contributed by atoms with E-state index in [9.17, 15) is 14.0 Å². The van der Waals surface area contributed by atoms with Crippen LogP contribution >= 0.6 is 0 Å². The molecule has 22 heavy (non-hydrogen) atoms. The average molecular weight is 296 g/mol. The third-order valence-electron chi connectivity index (χ3n) is 3.35. The van der Waals surface area contributed by atoms with E-state index in [0.717, 1.165) is 0 Å². The first-order valence-electron chi connectivity index (χ1n) is 6.78. The lowest BCUT2D eigenvalue weighted by atomic mass is 10.2. The Bertz CT molecular complexity index is 902. The Balaban J connectivity index is 1.88. The van der Waals surface area contributed by atoms with Crippen LogP contribution in [0.15, 0.2) is 65.6 Å². The molecule has 3 aromatic rings. The summed E-state index contributed by atoms with van der Waals surface area (Å²) in [7, 11) is 0. The molecule has 0 bridgehead atoms. The zero-order valence-corrected chi connectivity index (χ0v) is 11.6. The molecule has 110 valence electrons. The normalized spacial score (nSPS) is 10.6. The fourth-order valence-electron chi connectivity index (χ4n) is 2.31. The molecule has 1 heterocycles. The van der Waals surface area contributed by atoms with E-state index in [1.807, 2.05) is 0 Å². The highest BCUT2D eigenvalue weighted by Crippen LogP contribution is 2.13. The number of rotatable bonds is 3. The van der Waals surface area contributed by atoms with Crippen LogP contribution in [-0.2, 0) is 11.3 Å². The number of hydrogen-bond donors (Lipinski definition) is 1. The maximum absolute atomic E-state index is 13.5. The summed E-state index contributed by atoms with van der Waals surface area (Å²) in [5.41, 5.74) is 0.706. The number of halogens is 1. The summed E-state index contributed by atoms with van der Waals surface area (Å²) in [6.07, 6.45) is 1.56. The van der Waals surface area contributed by atoms with Gasteiger partial charge in [0.25, 0.3) is 0 Å². The first kappa shape index (κ1) is 14.0. The predicted molar refractivity (Wildman–Crippen MR) is 83.2 cm³/mol. The molecule has 3 rings (SSSR count). The lowest BCUT2D eigenvalue weighted by molar-refractivity contribution is -0.116. The first-order chi connectivity index (χ1) is 10.6. The Kier molecular flexibility index (Phi) is 3.70. The van der Waals surface area contributed by atoms with Gasteiger partial charge in [-0.25, -0.2) is 4.39 Å². The Morgan fingerprint density at radius 1 is 1.05 bits per heavy atom. The van der Waals surface area contributed by atoms with Gasteiger partial charge in [-0.1, -0.05) is 24.3 Å². The smallest absolute Gasteiger partial charge is 0.244 e. The largest absolute Gasteiger partial charge is 0.338 e. The predicted octanol–water partition coefficient (Wildman–Crippen LogP) is 2.78. The van der Waals surface area contributed by atoms with Crippen molar-refractivity contribution in [3.8, 4) is 0 Å². The lowest BCUT2D eigenvalue weighted by Gasteiger charge is -2.11. The van der Waals surface area contributed by atoms with E-state index >= 15 is 0 Å². The van der Waals surface area contributed by atoms with E-state index in [1.165, 1.54) is 18.2 Å². The molecule has 0 unspecified atom stereocenters. The van der Waals surface area contributed by atoms with Gasteiger partial charge in [0.05, 0.1) is 11.2 Å². The fraction of sp³-hybridized carbons (Fsp3) is 0.0588. The minimum atomic E-state index is -0.486. The summed E-state index contributed by atoms with van der Waals surface area (Å²) in [5.74, 6) is -0.848. The van der Waals surface area contributed by atoms with Gasteiger partial charge in [-0.05, 0) is 24.3 Å². The molecular formula is C17H13FN2O2. The highest BCUT2D eigenvalue weighted by molar-refractivity contribution is 5.91. The van der Waals surface area contributed by atoms with Gasteiger partial charge in [-0.3, -0.25) is 9.59 Å². The Morgan fingerprint density at radius 3 is 2.59 bits per heavy atom. The van der Waals surface area contributed by atoms with Crippen LogP contribution < -0.4 is 10.7 Å². The second-order valence-corrected chi connectivity index (χ2v) is 4.85. The van der Waals surface area contributed by atoms with Crippen LogP contribution in [0.5, 0.6) is 0 Å². The number of benzene rings is 2. The molecule has 5 heteroatoms. The number of pyridine rings is 1. The number of carbonyl (C=O) groups excluding carboxylic acids is 1. The molecule has 1 N–H and O–H groups in total. The van der Waals surface area contributed by atoms with Gasteiger partial charge < -0.3 is 9.88 Å². The van der Waals surface area contributed by atoms with E-state index in [1.54, 1.807) is 47.2 Å². The van der Waals surface area contributed by atoms with Crippen molar-refractivity contribution in [2.45, 2.75) is 6.54 Å². The molecular weight excluding hydrogens is 283 g/mol. The van der Waals surface area contributed by atoms with Crippen LogP contribution in [0.2, 0.25) is 0 Å². The Morgan fingerprint density at radius 2 is 1.77 bits per heavy atom. The number of nitrogens with one attached hydrogen (secondary N) is 1. The van der Waals surface area contributed by atoms with Crippen LogP contribution in [0.4, 0.5) is 10.1 Å². The van der Waals surface area contributed by atoms with Gasteiger partial charge in [-0.15, -0.1) is 0 Å². The number of amides is 1.